The number of aromatic nitrogens is 2. The highest BCUT2D eigenvalue weighted by Crippen LogP contribution is 2.29. The average Bonchev–Trinajstić information content (AvgIpc) is 2.57. The Labute approximate surface area is 89.8 Å². The van der Waals surface area contributed by atoms with Crippen molar-refractivity contribution in [3.8, 4) is 11.3 Å². The minimum Gasteiger partial charge on any atom is -0.454 e. The van der Waals surface area contributed by atoms with Crippen LogP contribution >= 0.6 is 15.9 Å². The topological polar surface area (TPSA) is 57.0 Å². The molecule has 0 bridgehead atoms. The van der Waals surface area contributed by atoms with Crippen LogP contribution in [0.3, 0.4) is 0 Å². The predicted octanol–water partition coefficient (Wildman–Crippen LogP) is 2.33. The number of hydrogen-bond donors (Lipinski definition) is 1. The minimum atomic E-state index is 0.636. The molecule has 4 nitrogen and oxygen atoms in total. The largest absolute Gasteiger partial charge is 0.454 e. The first-order chi connectivity index (χ1) is 6.58. The van der Waals surface area contributed by atoms with Crippen molar-refractivity contribution in [2.24, 2.45) is 7.05 Å². The molecule has 0 aliphatic rings. The zero-order valence-electron chi connectivity index (χ0n) is 7.91. The number of furan rings is 1. The maximum absolute atomic E-state index is 5.69. The molecule has 2 aromatic heterocycles. The number of anilines is 1. The van der Waals surface area contributed by atoms with Gasteiger partial charge in [0, 0.05) is 24.7 Å². The SMILES string of the molecule is Cc1oc(Br)cc1-c1cc(N)n(C)n1. The second-order valence-corrected chi connectivity index (χ2v) is 3.88. The average molecular weight is 256 g/mol. The van der Waals surface area contributed by atoms with Crippen molar-refractivity contribution in [1.29, 1.82) is 0 Å². The molecule has 0 atom stereocenters. The van der Waals surface area contributed by atoms with Crippen LogP contribution in [0.25, 0.3) is 11.3 Å². The van der Waals surface area contributed by atoms with Gasteiger partial charge in [-0.2, -0.15) is 5.10 Å². The van der Waals surface area contributed by atoms with E-state index in [0.29, 0.717) is 10.5 Å². The summed E-state index contributed by atoms with van der Waals surface area (Å²) in [4.78, 5) is 0. The van der Waals surface area contributed by atoms with Crippen molar-refractivity contribution in [3.05, 3.63) is 22.6 Å². The number of halogens is 1. The van der Waals surface area contributed by atoms with Crippen LogP contribution in [0.4, 0.5) is 5.82 Å². The van der Waals surface area contributed by atoms with Crippen LogP contribution in [0.1, 0.15) is 5.76 Å². The Kier molecular flexibility index (Phi) is 2.11. The Morgan fingerprint density at radius 3 is 2.64 bits per heavy atom. The van der Waals surface area contributed by atoms with E-state index in [1.807, 2.05) is 26.1 Å². The van der Waals surface area contributed by atoms with Crippen molar-refractivity contribution in [2.45, 2.75) is 6.92 Å². The van der Waals surface area contributed by atoms with Gasteiger partial charge >= 0.3 is 0 Å². The van der Waals surface area contributed by atoms with Crippen LogP contribution in [0.5, 0.6) is 0 Å². The number of aryl methyl sites for hydroxylation is 2. The summed E-state index contributed by atoms with van der Waals surface area (Å²) < 4.78 is 7.68. The molecule has 2 heterocycles. The Hall–Kier alpha value is -1.23. The van der Waals surface area contributed by atoms with Gasteiger partial charge in [0.2, 0.25) is 0 Å². The number of hydrogen-bond acceptors (Lipinski definition) is 3. The molecule has 0 unspecified atom stereocenters. The van der Waals surface area contributed by atoms with E-state index in [0.717, 1.165) is 17.0 Å². The normalized spacial score (nSPS) is 10.8. The van der Waals surface area contributed by atoms with Gasteiger partial charge in [0.25, 0.3) is 0 Å². The Balaban J connectivity index is 2.54. The summed E-state index contributed by atoms with van der Waals surface area (Å²) in [6, 6.07) is 3.71. The molecule has 0 amide bonds. The summed E-state index contributed by atoms with van der Waals surface area (Å²) in [5, 5.41) is 4.27. The summed E-state index contributed by atoms with van der Waals surface area (Å²) in [5.74, 6) is 1.46. The number of nitrogen functional groups attached to an aromatic ring is 1. The first kappa shape index (κ1) is 9.33. The van der Waals surface area contributed by atoms with E-state index in [9.17, 15) is 0 Å². The molecule has 0 radical (unpaired) electrons. The molecule has 2 N–H and O–H groups in total. The number of rotatable bonds is 1. The monoisotopic (exact) mass is 255 g/mol. The van der Waals surface area contributed by atoms with Crippen molar-refractivity contribution in [1.82, 2.24) is 9.78 Å². The van der Waals surface area contributed by atoms with E-state index < -0.39 is 0 Å². The van der Waals surface area contributed by atoms with Crippen LogP contribution in [0.15, 0.2) is 21.2 Å². The molecule has 0 aliphatic carbocycles. The molecule has 0 aromatic carbocycles. The van der Waals surface area contributed by atoms with E-state index in [2.05, 4.69) is 21.0 Å². The van der Waals surface area contributed by atoms with Crippen LogP contribution in [0, 0.1) is 6.92 Å². The van der Waals surface area contributed by atoms with Gasteiger partial charge in [0.1, 0.15) is 11.6 Å². The second-order valence-electron chi connectivity index (χ2n) is 3.10. The molecule has 0 saturated heterocycles. The van der Waals surface area contributed by atoms with E-state index in [4.69, 9.17) is 10.2 Å². The predicted molar refractivity (Wildman–Crippen MR) is 57.8 cm³/mol. The molecule has 0 fully saturated rings. The van der Waals surface area contributed by atoms with Gasteiger partial charge in [-0.15, -0.1) is 0 Å². The van der Waals surface area contributed by atoms with Gasteiger partial charge in [0.15, 0.2) is 4.67 Å². The molecule has 74 valence electrons. The summed E-state index contributed by atoms with van der Waals surface area (Å²) >= 11 is 3.27. The van der Waals surface area contributed by atoms with Crippen molar-refractivity contribution in [2.75, 3.05) is 5.73 Å². The lowest BCUT2D eigenvalue weighted by molar-refractivity contribution is 0.511. The van der Waals surface area contributed by atoms with Crippen molar-refractivity contribution < 1.29 is 4.42 Å². The first-order valence-corrected chi connectivity index (χ1v) is 4.93. The molecule has 2 aromatic rings. The number of nitrogens with zero attached hydrogens (tertiary/aromatic N) is 2. The van der Waals surface area contributed by atoms with Gasteiger partial charge < -0.3 is 10.2 Å². The third-order valence-electron chi connectivity index (χ3n) is 2.08. The standard InChI is InChI=1S/C9H10BrN3O/c1-5-6(3-8(10)14-5)7-4-9(11)13(2)12-7/h3-4H,11H2,1-2H3. The zero-order chi connectivity index (χ0) is 10.3. The summed E-state index contributed by atoms with van der Waals surface area (Å²) in [6.45, 7) is 1.89. The van der Waals surface area contributed by atoms with Gasteiger partial charge in [0.05, 0.1) is 5.69 Å². The van der Waals surface area contributed by atoms with Gasteiger partial charge in [-0.25, -0.2) is 0 Å². The molecule has 14 heavy (non-hydrogen) atoms. The van der Waals surface area contributed by atoms with Gasteiger partial charge in [-0.05, 0) is 22.9 Å². The quantitative estimate of drug-likeness (QED) is 0.851. The summed E-state index contributed by atoms with van der Waals surface area (Å²) in [7, 11) is 1.81. The number of nitrogens with two attached hydrogens (primary N) is 1. The van der Waals surface area contributed by atoms with Crippen molar-refractivity contribution >= 4 is 21.7 Å². The van der Waals surface area contributed by atoms with Crippen LogP contribution in [-0.2, 0) is 7.05 Å². The van der Waals surface area contributed by atoms with E-state index in [1.165, 1.54) is 0 Å². The zero-order valence-corrected chi connectivity index (χ0v) is 9.50. The third kappa shape index (κ3) is 1.43. The molecule has 0 spiro atoms. The molecular weight excluding hydrogens is 246 g/mol. The van der Waals surface area contributed by atoms with Crippen LogP contribution in [0.2, 0.25) is 0 Å². The van der Waals surface area contributed by atoms with E-state index in [-0.39, 0.29) is 0 Å². The fourth-order valence-corrected chi connectivity index (χ4v) is 1.79. The Morgan fingerprint density at radius 2 is 2.21 bits per heavy atom. The van der Waals surface area contributed by atoms with Crippen LogP contribution in [-0.4, -0.2) is 9.78 Å². The van der Waals surface area contributed by atoms with Crippen molar-refractivity contribution in [3.63, 3.8) is 0 Å². The fraction of sp³-hybridized carbons (Fsp3) is 0.222. The lowest BCUT2D eigenvalue weighted by Crippen LogP contribution is -1.96. The van der Waals surface area contributed by atoms with Gasteiger partial charge in [-0.1, -0.05) is 0 Å². The molecule has 0 saturated carbocycles. The summed E-state index contributed by atoms with van der Waals surface area (Å²) in [6.07, 6.45) is 0. The second kappa shape index (κ2) is 3.16. The minimum absolute atomic E-state index is 0.636. The maximum atomic E-state index is 5.69. The Bertz CT molecular complexity index is 453. The molecule has 5 heteroatoms. The molecular formula is C9H10BrN3O. The fourth-order valence-electron chi connectivity index (χ4n) is 1.31. The Morgan fingerprint density at radius 1 is 1.50 bits per heavy atom. The van der Waals surface area contributed by atoms with E-state index >= 15 is 0 Å². The first-order valence-electron chi connectivity index (χ1n) is 4.14. The summed E-state index contributed by atoms with van der Waals surface area (Å²) in [5.41, 5.74) is 7.49. The maximum Gasteiger partial charge on any atom is 0.170 e. The lowest BCUT2D eigenvalue weighted by Gasteiger charge is -1.91. The third-order valence-corrected chi connectivity index (χ3v) is 2.47. The highest BCUT2D eigenvalue weighted by Gasteiger charge is 2.11. The van der Waals surface area contributed by atoms with E-state index in [1.54, 1.807) is 4.68 Å². The molecule has 0 aliphatic heterocycles. The highest BCUT2D eigenvalue weighted by atomic mass is 79.9. The lowest BCUT2D eigenvalue weighted by atomic mass is 10.2. The highest BCUT2D eigenvalue weighted by molar-refractivity contribution is 9.10. The van der Waals surface area contributed by atoms with Gasteiger partial charge in [-0.3, -0.25) is 4.68 Å². The van der Waals surface area contributed by atoms with Crippen LogP contribution < -0.4 is 5.73 Å². The smallest absolute Gasteiger partial charge is 0.170 e. The molecule has 2 rings (SSSR count).